The normalized spacial score (nSPS) is 10.3. The summed E-state index contributed by atoms with van der Waals surface area (Å²) in [6, 6.07) is 8.99. The molecule has 19 heavy (non-hydrogen) atoms. The van der Waals surface area contributed by atoms with Crippen LogP contribution in [0.15, 0.2) is 58.0 Å². The van der Waals surface area contributed by atoms with E-state index in [4.69, 9.17) is 4.42 Å². The van der Waals surface area contributed by atoms with E-state index in [-0.39, 0.29) is 11.7 Å². The average molecular weight is 270 g/mol. The van der Waals surface area contributed by atoms with Crippen LogP contribution in [0.5, 0.6) is 0 Å². The summed E-state index contributed by atoms with van der Waals surface area (Å²) in [5.74, 6) is -0.00278. The summed E-state index contributed by atoms with van der Waals surface area (Å²) in [4.78, 5) is 16.1. The minimum Gasteiger partial charge on any atom is -0.459 e. The number of anilines is 1. The minimum absolute atomic E-state index is 0.280. The standard InChI is InChI=1S/C14H10N2O2S/c17-14(13-2-1-6-18-13)16-11-3-4-12(15-8-11)10-5-7-19-9-10/h1-9H,(H,16,17). The van der Waals surface area contributed by atoms with Crippen LogP contribution >= 0.6 is 11.3 Å². The molecule has 0 bridgehead atoms. The number of nitrogens with zero attached hydrogens (tertiary/aromatic N) is 1. The van der Waals surface area contributed by atoms with Crippen LogP contribution in [0.25, 0.3) is 11.3 Å². The van der Waals surface area contributed by atoms with E-state index in [2.05, 4.69) is 10.3 Å². The topological polar surface area (TPSA) is 55.1 Å². The van der Waals surface area contributed by atoms with Crippen LogP contribution in [0.1, 0.15) is 10.6 Å². The van der Waals surface area contributed by atoms with Gasteiger partial charge in [0.05, 0.1) is 23.8 Å². The third-order valence-corrected chi connectivity index (χ3v) is 3.27. The number of rotatable bonds is 3. The molecule has 4 nitrogen and oxygen atoms in total. The van der Waals surface area contributed by atoms with Crippen LogP contribution in [-0.2, 0) is 0 Å². The van der Waals surface area contributed by atoms with E-state index in [9.17, 15) is 4.79 Å². The molecule has 0 aromatic carbocycles. The molecule has 5 heteroatoms. The highest BCUT2D eigenvalue weighted by Gasteiger charge is 2.08. The van der Waals surface area contributed by atoms with E-state index in [1.165, 1.54) is 6.26 Å². The van der Waals surface area contributed by atoms with Gasteiger partial charge in [-0.15, -0.1) is 0 Å². The maximum Gasteiger partial charge on any atom is 0.291 e. The molecule has 0 saturated heterocycles. The lowest BCUT2D eigenvalue weighted by Gasteiger charge is -2.03. The maximum absolute atomic E-state index is 11.8. The second kappa shape index (κ2) is 5.07. The van der Waals surface area contributed by atoms with Crippen LogP contribution in [0, 0.1) is 0 Å². The summed E-state index contributed by atoms with van der Waals surface area (Å²) in [7, 11) is 0. The molecule has 1 N–H and O–H groups in total. The molecule has 0 spiro atoms. The van der Waals surface area contributed by atoms with Crippen molar-refractivity contribution >= 4 is 22.9 Å². The quantitative estimate of drug-likeness (QED) is 0.790. The predicted octanol–water partition coefficient (Wildman–Crippen LogP) is 3.66. The van der Waals surface area contributed by atoms with Crippen molar-refractivity contribution < 1.29 is 9.21 Å². The first-order chi connectivity index (χ1) is 9.33. The van der Waals surface area contributed by atoms with Gasteiger partial charge in [-0.05, 0) is 35.7 Å². The number of pyridine rings is 1. The Hall–Kier alpha value is -2.40. The SMILES string of the molecule is O=C(Nc1ccc(-c2ccsc2)nc1)c1ccco1. The van der Waals surface area contributed by atoms with Gasteiger partial charge in [0.2, 0.25) is 0 Å². The second-order valence-electron chi connectivity index (χ2n) is 3.88. The van der Waals surface area contributed by atoms with Crippen molar-refractivity contribution in [3.05, 3.63) is 59.3 Å². The highest BCUT2D eigenvalue weighted by atomic mass is 32.1. The zero-order chi connectivity index (χ0) is 13.1. The Labute approximate surface area is 113 Å². The molecule has 3 aromatic heterocycles. The first-order valence-corrected chi connectivity index (χ1v) is 6.61. The van der Waals surface area contributed by atoms with Crippen molar-refractivity contribution in [2.75, 3.05) is 5.32 Å². The van der Waals surface area contributed by atoms with Gasteiger partial charge < -0.3 is 9.73 Å². The van der Waals surface area contributed by atoms with Gasteiger partial charge in [0.1, 0.15) is 0 Å². The number of aromatic nitrogens is 1. The highest BCUT2D eigenvalue weighted by Crippen LogP contribution is 2.21. The lowest BCUT2D eigenvalue weighted by molar-refractivity contribution is 0.0996. The number of nitrogens with one attached hydrogen (secondary N) is 1. The third-order valence-electron chi connectivity index (χ3n) is 2.58. The van der Waals surface area contributed by atoms with Gasteiger partial charge in [-0.2, -0.15) is 11.3 Å². The zero-order valence-corrected chi connectivity index (χ0v) is 10.7. The molecule has 1 amide bonds. The molecule has 3 rings (SSSR count). The molecule has 0 aliphatic carbocycles. The lowest BCUT2D eigenvalue weighted by atomic mass is 10.2. The summed E-state index contributed by atoms with van der Waals surface area (Å²) in [6.07, 6.45) is 3.10. The van der Waals surface area contributed by atoms with Crippen molar-refractivity contribution in [3.8, 4) is 11.3 Å². The fourth-order valence-corrected chi connectivity index (χ4v) is 2.30. The average Bonchev–Trinajstić information content (AvgIpc) is 3.13. The van der Waals surface area contributed by atoms with E-state index < -0.39 is 0 Å². The van der Waals surface area contributed by atoms with Gasteiger partial charge >= 0.3 is 0 Å². The minimum atomic E-state index is -0.282. The molecule has 0 atom stereocenters. The summed E-state index contributed by atoms with van der Waals surface area (Å²) in [5.41, 5.74) is 2.60. The van der Waals surface area contributed by atoms with E-state index in [1.54, 1.807) is 29.7 Å². The van der Waals surface area contributed by atoms with Gasteiger partial charge in [0, 0.05) is 10.9 Å². The van der Waals surface area contributed by atoms with Gasteiger partial charge in [-0.3, -0.25) is 9.78 Å². The van der Waals surface area contributed by atoms with Crippen LogP contribution in [0.4, 0.5) is 5.69 Å². The fraction of sp³-hybridized carbons (Fsp3) is 0. The Morgan fingerprint density at radius 3 is 2.84 bits per heavy atom. The van der Waals surface area contributed by atoms with Crippen molar-refractivity contribution in [2.24, 2.45) is 0 Å². The molecule has 94 valence electrons. The number of hydrogen-bond donors (Lipinski definition) is 1. The van der Waals surface area contributed by atoms with E-state index in [0.29, 0.717) is 5.69 Å². The van der Waals surface area contributed by atoms with Crippen LogP contribution in [0.3, 0.4) is 0 Å². The first-order valence-electron chi connectivity index (χ1n) is 5.66. The smallest absolute Gasteiger partial charge is 0.291 e. The van der Waals surface area contributed by atoms with Gasteiger partial charge in [0.25, 0.3) is 5.91 Å². The molecule has 0 fully saturated rings. The molecule has 0 aliphatic heterocycles. The molecular weight excluding hydrogens is 260 g/mol. The largest absolute Gasteiger partial charge is 0.459 e. The summed E-state index contributed by atoms with van der Waals surface area (Å²) < 4.78 is 5.02. The maximum atomic E-state index is 11.8. The Morgan fingerprint density at radius 2 is 2.21 bits per heavy atom. The van der Waals surface area contributed by atoms with E-state index in [1.807, 2.05) is 29.0 Å². The molecule has 0 aliphatic rings. The molecule has 0 radical (unpaired) electrons. The van der Waals surface area contributed by atoms with Gasteiger partial charge in [0.15, 0.2) is 5.76 Å². The molecular formula is C14H10N2O2S. The van der Waals surface area contributed by atoms with Crippen molar-refractivity contribution in [1.82, 2.24) is 4.98 Å². The number of carbonyl (C=O) groups is 1. The summed E-state index contributed by atoms with van der Waals surface area (Å²) in [5, 5.41) is 6.76. The molecule has 0 unspecified atom stereocenters. The fourth-order valence-electron chi connectivity index (χ4n) is 1.65. The molecule has 3 aromatic rings. The van der Waals surface area contributed by atoms with Gasteiger partial charge in [-0.1, -0.05) is 0 Å². The van der Waals surface area contributed by atoms with Crippen LogP contribution in [0.2, 0.25) is 0 Å². The number of hydrogen-bond acceptors (Lipinski definition) is 4. The van der Waals surface area contributed by atoms with Crippen molar-refractivity contribution in [3.63, 3.8) is 0 Å². The second-order valence-corrected chi connectivity index (χ2v) is 4.66. The predicted molar refractivity (Wildman–Crippen MR) is 74.2 cm³/mol. The van der Waals surface area contributed by atoms with Gasteiger partial charge in [-0.25, -0.2) is 0 Å². The summed E-state index contributed by atoms with van der Waals surface area (Å²) in [6.45, 7) is 0. The van der Waals surface area contributed by atoms with Crippen LogP contribution < -0.4 is 5.32 Å². The monoisotopic (exact) mass is 270 g/mol. The van der Waals surface area contributed by atoms with Crippen molar-refractivity contribution in [1.29, 1.82) is 0 Å². The van der Waals surface area contributed by atoms with Crippen LogP contribution in [-0.4, -0.2) is 10.9 Å². The lowest BCUT2D eigenvalue weighted by Crippen LogP contribution is -2.10. The highest BCUT2D eigenvalue weighted by molar-refractivity contribution is 7.08. The molecule has 3 heterocycles. The Morgan fingerprint density at radius 1 is 1.26 bits per heavy atom. The van der Waals surface area contributed by atoms with Crippen molar-refractivity contribution in [2.45, 2.75) is 0 Å². The number of furan rings is 1. The zero-order valence-electron chi connectivity index (χ0n) is 9.87. The third kappa shape index (κ3) is 2.56. The first kappa shape index (κ1) is 11.7. The Bertz CT molecular complexity index is 658. The van der Waals surface area contributed by atoms with E-state index >= 15 is 0 Å². The number of amides is 1. The Kier molecular flexibility index (Phi) is 3.12. The number of thiophene rings is 1. The van der Waals surface area contributed by atoms with E-state index in [0.717, 1.165) is 11.3 Å². The summed E-state index contributed by atoms with van der Waals surface area (Å²) >= 11 is 1.63. The Balaban J connectivity index is 1.75. The number of carbonyl (C=O) groups excluding carboxylic acids is 1. The molecule has 0 saturated carbocycles.